The molecule has 2 heterocycles. The van der Waals surface area contributed by atoms with Crippen LogP contribution in [0, 0.1) is 11.3 Å². The van der Waals surface area contributed by atoms with Crippen molar-refractivity contribution in [1.82, 2.24) is 9.88 Å². The summed E-state index contributed by atoms with van der Waals surface area (Å²) >= 11 is 0. The van der Waals surface area contributed by atoms with Crippen LogP contribution in [0.5, 0.6) is 0 Å². The molecule has 25 heavy (non-hydrogen) atoms. The predicted molar refractivity (Wildman–Crippen MR) is 97.5 cm³/mol. The molecule has 1 saturated heterocycles. The Kier molecular flexibility index (Phi) is 4.58. The molecule has 1 fully saturated rings. The highest BCUT2D eigenvalue weighted by molar-refractivity contribution is 5.91. The lowest BCUT2D eigenvalue weighted by atomic mass is 9.76. The third kappa shape index (κ3) is 2.92. The molecule has 1 aromatic heterocycles. The molecule has 0 saturated carbocycles. The number of carboxylic acids is 1. The van der Waals surface area contributed by atoms with Gasteiger partial charge in [-0.3, -0.25) is 9.59 Å². The van der Waals surface area contributed by atoms with E-state index in [2.05, 4.69) is 18.0 Å². The number of fused-ring (bicyclic) bond motifs is 1. The van der Waals surface area contributed by atoms with Crippen LogP contribution in [-0.2, 0) is 22.4 Å². The number of aliphatic carboxylic acids is 1. The third-order valence-corrected chi connectivity index (χ3v) is 5.79. The highest BCUT2D eigenvalue weighted by atomic mass is 16.4. The molecule has 0 radical (unpaired) electrons. The fraction of sp³-hybridized carbons (Fsp3) is 0.500. The van der Waals surface area contributed by atoms with E-state index in [0.29, 0.717) is 25.9 Å². The minimum absolute atomic E-state index is 0.00278. The van der Waals surface area contributed by atoms with E-state index in [1.165, 1.54) is 5.56 Å². The van der Waals surface area contributed by atoms with Crippen molar-refractivity contribution in [2.45, 2.75) is 40.0 Å². The van der Waals surface area contributed by atoms with Gasteiger partial charge in [-0.15, -0.1) is 0 Å². The molecule has 2 aromatic rings. The molecule has 1 unspecified atom stereocenters. The number of H-pyrrole nitrogens is 1. The maximum absolute atomic E-state index is 12.8. The Labute approximate surface area is 148 Å². The highest BCUT2D eigenvalue weighted by Gasteiger charge is 2.48. The van der Waals surface area contributed by atoms with Gasteiger partial charge in [0.05, 0.1) is 11.8 Å². The maximum Gasteiger partial charge on any atom is 0.311 e. The number of aromatic amines is 1. The van der Waals surface area contributed by atoms with E-state index in [4.69, 9.17) is 0 Å². The molecule has 5 nitrogen and oxygen atoms in total. The van der Waals surface area contributed by atoms with Gasteiger partial charge >= 0.3 is 5.97 Å². The van der Waals surface area contributed by atoms with Gasteiger partial charge in [0.2, 0.25) is 5.91 Å². The summed E-state index contributed by atoms with van der Waals surface area (Å²) in [6, 6.07) is 6.15. The van der Waals surface area contributed by atoms with Crippen LogP contribution in [0.2, 0.25) is 0 Å². The first kappa shape index (κ1) is 17.5. The quantitative estimate of drug-likeness (QED) is 0.876. The summed E-state index contributed by atoms with van der Waals surface area (Å²) in [4.78, 5) is 29.5. The van der Waals surface area contributed by atoms with E-state index in [1.54, 1.807) is 4.90 Å². The number of hydrogen-bond donors (Lipinski definition) is 2. The van der Waals surface area contributed by atoms with Gasteiger partial charge in [0.1, 0.15) is 0 Å². The predicted octanol–water partition coefficient (Wildman–Crippen LogP) is 3.23. The van der Waals surface area contributed by atoms with Crippen molar-refractivity contribution in [3.8, 4) is 0 Å². The number of aromatic nitrogens is 1. The molecule has 5 heteroatoms. The molecular weight excluding hydrogens is 316 g/mol. The topological polar surface area (TPSA) is 73.4 Å². The molecule has 3 rings (SSSR count). The molecular formula is C20H26N2O3. The van der Waals surface area contributed by atoms with Gasteiger partial charge in [-0.2, -0.15) is 0 Å². The molecule has 1 amide bonds. The maximum atomic E-state index is 12.8. The third-order valence-electron chi connectivity index (χ3n) is 5.79. The number of para-hydroxylation sites is 1. The number of carbonyl (C=O) groups is 2. The fourth-order valence-electron chi connectivity index (χ4n) is 3.93. The van der Waals surface area contributed by atoms with Crippen molar-refractivity contribution in [3.63, 3.8) is 0 Å². The van der Waals surface area contributed by atoms with Crippen LogP contribution in [0.1, 0.15) is 38.3 Å². The zero-order valence-corrected chi connectivity index (χ0v) is 15.1. The van der Waals surface area contributed by atoms with E-state index in [9.17, 15) is 14.7 Å². The minimum atomic E-state index is -0.814. The smallest absolute Gasteiger partial charge is 0.311 e. The number of nitrogens with one attached hydrogen (secondary N) is 1. The lowest BCUT2D eigenvalue weighted by Gasteiger charge is -2.28. The Balaban J connectivity index is 1.79. The van der Waals surface area contributed by atoms with Crippen LogP contribution < -0.4 is 0 Å². The second kappa shape index (κ2) is 6.54. The van der Waals surface area contributed by atoms with Crippen molar-refractivity contribution in [2.24, 2.45) is 11.3 Å². The molecule has 1 aliphatic heterocycles. The first-order chi connectivity index (χ1) is 11.9. The molecule has 134 valence electrons. The largest absolute Gasteiger partial charge is 0.481 e. The molecule has 1 atom stereocenters. The SMILES string of the molecule is CCc1cccc2c(CC(=O)N3CCC(C(=O)O)(C(C)C)C3)c[nH]c12. The van der Waals surface area contributed by atoms with Gasteiger partial charge in [-0.25, -0.2) is 0 Å². The van der Waals surface area contributed by atoms with Crippen molar-refractivity contribution >= 4 is 22.8 Å². The van der Waals surface area contributed by atoms with Crippen molar-refractivity contribution < 1.29 is 14.7 Å². The Morgan fingerprint density at radius 3 is 2.68 bits per heavy atom. The minimum Gasteiger partial charge on any atom is -0.481 e. The van der Waals surface area contributed by atoms with E-state index in [-0.39, 0.29) is 11.8 Å². The van der Waals surface area contributed by atoms with Crippen molar-refractivity contribution in [3.05, 3.63) is 35.5 Å². The Morgan fingerprint density at radius 2 is 2.08 bits per heavy atom. The van der Waals surface area contributed by atoms with Crippen molar-refractivity contribution in [1.29, 1.82) is 0 Å². The van der Waals surface area contributed by atoms with Gasteiger partial charge in [0.15, 0.2) is 0 Å². The second-order valence-corrected chi connectivity index (χ2v) is 7.37. The molecule has 0 spiro atoms. The number of benzene rings is 1. The monoisotopic (exact) mass is 342 g/mol. The van der Waals surface area contributed by atoms with Crippen LogP contribution in [0.3, 0.4) is 0 Å². The average molecular weight is 342 g/mol. The van der Waals surface area contributed by atoms with Gasteiger partial charge in [0.25, 0.3) is 0 Å². The molecule has 0 bridgehead atoms. The van der Waals surface area contributed by atoms with E-state index >= 15 is 0 Å². The summed E-state index contributed by atoms with van der Waals surface area (Å²) in [5, 5.41) is 10.7. The highest BCUT2D eigenvalue weighted by Crippen LogP contribution is 2.38. The Morgan fingerprint density at radius 1 is 1.32 bits per heavy atom. The first-order valence-electron chi connectivity index (χ1n) is 8.98. The number of amides is 1. The summed E-state index contributed by atoms with van der Waals surface area (Å²) < 4.78 is 0. The van der Waals surface area contributed by atoms with Crippen molar-refractivity contribution in [2.75, 3.05) is 13.1 Å². The average Bonchev–Trinajstić information content (AvgIpc) is 3.20. The summed E-state index contributed by atoms with van der Waals surface area (Å²) in [7, 11) is 0. The van der Waals surface area contributed by atoms with Gasteiger partial charge in [-0.1, -0.05) is 39.0 Å². The summed E-state index contributed by atoms with van der Waals surface area (Å²) in [5.74, 6) is -0.785. The number of carboxylic acid groups (broad SMARTS) is 1. The van der Waals surface area contributed by atoms with Gasteiger partial charge < -0.3 is 15.0 Å². The lowest BCUT2D eigenvalue weighted by molar-refractivity contribution is -0.151. The van der Waals surface area contributed by atoms with Crippen LogP contribution in [0.4, 0.5) is 0 Å². The van der Waals surface area contributed by atoms with Crippen LogP contribution >= 0.6 is 0 Å². The number of likely N-dealkylation sites (tertiary alicyclic amines) is 1. The van der Waals surface area contributed by atoms with Crippen LogP contribution in [-0.4, -0.2) is 40.0 Å². The first-order valence-corrected chi connectivity index (χ1v) is 8.98. The fourth-order valence-corrected chi connectivity index (χ4v) is 3.93. The van der Waals surface area contributed by atoms with E-state index < -0.39 is 11.4 Å². The second-order valence-electron chi connectivity index (χ2n) is 7.37. The van der Waals surface area contributed by atoms with E-state index in [0.717, 1.165) is 22.9 Å². The van der Waals surface area contributed by atoms with Crippen LogP contribution in [0.15, 0.2) is 24.4 Å². The zero-order valence-electron chi connectivity index (χ0n) is 15.1. The molecule has 1 aliphatic rings. The zero-order chi connectivity index (χ0) is 18.2. The van der Waals surface area contributed by atoms with Gasteiger partial charge in [0, 0.05) is 30.2 Å². The summed E-state index contributed by atoms with van der Waals surface area (Å²) in [5.41, 5.74) is 2.50. The molecule has 2 N–H and O–H groups in total. The number of rotatable bonds is 5. The van der Waals surface area contributed by atoms with Gasteiger partial charge in [-0.05, 0) is 29.9 Å². The standard InChI is InChI=1S/C20H26N2O3/c1-4-14-6-5-7-16-15(11-21-18(14)16)10-17(23)22-9-8-20(12-22,13(2)3)19(24)25/h5-7,11,13,21H,4,8-10,12H2,1-3H3,(H,24,25). The van der Waals surface area contributed by atoms with E-state index in [1.807, 2.05) is 32.2 Å². The lowest BCUT2D eigenvalue weighted by Crippen LogP contribution is -2.41. The molecule has 0 aliphatic carbocycles. The summed E-state index contributed by atoms with van der Waals surface area (Å²) in [6.45, 7) is 6.79. The Hall–Kier alpha value is -2.30. The number of nitrogens with zero attached hydrogens (tertiary/aromatic N) is 1. The van der Waals surface area contributed by atoms with Crippen LogP contribution in [0.25, 0.3) is 10.9 Å². The molecule has 1 aromatic carbocycles. The normalized spacial score (nSPS) is 20.6. The number of aryl methyl sites for hydroxylation is 1. The number of hydrogen-bond acceptors (Lipinski definition) is 2. The summed E-state index contributed by atoms with van der Waals surface area (Å²) in [6.07, 6.45) is 3.68. The number of carbonyl (C=O) groups excluding carboxylic acids is 1. The Bertz CT molecular complexity index is 808.